The fraction of sp³-hybridized carbons (Fsp3) is 0.852. The lowest BCUT2D eigenvalue weighted by Gasteiger charge is -2.18. The number of aliphatic hydroxyl groups is 1. The molecular weight excluding hydrogens is 514 g/mol. The predicted octanol–water partition coefficient (Wildman–Crippen LogP) is 5.04. The highest BCUT2D eigenvalue weighted by molar-refractivity contribution is 8.15. The Labute approximate surface area is 232 Å². The Hall–Kier alpha value is -1.26. The number of aliphatic hydroxyl groups excluding tert-OH is 1. The molecular formula is C27H49NO7S2. The summed E-state index contributed by atoms with van der Waals surface area (Å²) in [5, 5.41) is 10.4. The molecule has 0 aliphatic carbocycles. The number of rotatable bonds is 24. The molecule has 0 aromatic carbocycles. The number of nitrogens with one attached hydrogen (secondary N) is 1. The van der Waals surface area contributed by atoms with Gasteiger partial charge in [0.2, 0.25) is 11.0 Å². The third-order valence-electron chi connectivity index (χ3n) is 5.81. The van der Waals surface area contributed by atoms with Gasteiger partial charge < -0.3 is 19.9 Å². The zero-order valence-corrected chi connectivity index (χ0v) is 24.7. The highest BCUT2D eigenvalue weighted by Gasteiger charge is 2.28. The van der Waals surface area contributed by atoms with Crippen molar-refractivity contribution in [3.63, 3.8) is 0 Å². The molecule has 0 aromatic heterocycles. The fourth-order valence-corrected chi connectivity index (χ4v) is 5.50. The van der Waals surface area contributed by atoms with Crippen molar-refractivity contribution in [2.75, 3.05) is 31.8 Å². The van der Waals surface area contributed by atoms with Gasteiger partial charge in [0.25, 0.3) is 0 Å². The maximum absolute atomic E-state index is 12.5. The first-order valence-corrected chi connectivity index (χ1v) is 15.8. The summed E-state index contributed by atoms with van der Waals surface area (Å²) in [5.74, 6) is -0.537. The van der Waals surface area contributed by atoms with E-state index in [-0.39, 0.29) is 24.2 Å². The van der Waals surface area contributed by atoms with Gasteiger partial charge in [-0.05, 0) is 6.42 Å². The van der Waals surface area contributed by atoms with Gasteiger partial charge in [-0.2, -0.15) is 11.8 Å². The first kappa shape index (κ1) is 35.7. The second-order valence-electron chi connectivity index (χ2n) is 9.17. The molecule has 216 valence electrons. The number of esters is 2. The van der Waals surface area contributed by atoms with Crippen LogP contribution in [0, 0.1) is 0 Å². The molecule has 2 atom stereocenters. The van der Waals surface area contributed by atoms with E-state index in [1.54, 1.807) is 0 Å². The van der Waals surface area contributed by atoms with Crippen LogP contribution in [0.1, 0.15) is 104 Å². The Morgan fingerprint density at radius 3 is 1.89 bits per heavy atom. The van der Waals surface area contributed by atoms with Crippen molar-refractivity contribution in [2.24, 2.45) is 0 Å². The summed E-state index contributed by atoms with van der Waals surface area (Å²) in [6.07, 6.45) is 16.8. The van der Waals surface area contributed by atoms with Crippen molar-refractivity contribution >= 4 is 46.5 Å². The number of thioether (sulfide) groups is 2. The Balaban J connectivity index is 3.86. The lowest BCUT2D eigenvalue weighted by Crippen LogP contribution is -2.42. The molecule has 0 rings (SSSR count). The summed E-state index contributed by atoms with van der Waals surface area (Å²) in [4.78, 5) is 47.5. The average molecular weight is 564 g/mol. The SMILES string of the molecule is CCCCCCCCCCCCCCCC(=O)OCCSC[C@H](NC(C)=O)C(=O)S[C@@H](CO)C(=O)OC. The van der Waals surface area contributed by atoms with Gasteiger partial charge in [0.15, 0.2) is 0 Å². The molecule has 37 heavy (non-hydrogen) atoms. The molecule has 0 aromatic rings. The third-order valence-corrected chi connectivity index (χ3v) is 7.98. The van der Waals surface area contributed by atoms with Crippen molar-refractivity contribution in [1.82, 2.24) is 5.32 Å². The summed E-state index contributed by atoms with van der Waals surface area (Å²) in [6.45, 7) is 3.24. The van der Waals surface area contributed by atoms with Crippen LogP contribution in [-0.2, 0) is 28.7 Å². The van der Waals surface area contributed by atoms with Crippen molar-refractivity contribution < 1.29 is 33.8 Å². The highest BCUT2D eigenvalue weighted by Crippen LogP contribution is 2.18. The minimum Gasteiger partial charge on any atom is -0.468 e. The van der Waals surface area contributed by atoms with Gasteiger partial charge in [-0.1, -0.05) is 95.7 Å². The summed E-state index contributed by atoms with van der Waals surface area (Å²) in [5.41, 5.74) is 0. The molecule has 2 N–H and O–H groups in total. The van der Waals surface area contributed by atoms with Crippen LogP contribution in [0.25, 0.3) is 0 Å². The van der Waals surface area contributed by atoms with E-state index < -0.39 is 29.0 Å². The number of amides is 1. The van der Waals surface area contributed by atoms with Gasteiger partial charge in [0.1, 0.15) is 17.9 Å². The van der Waals surface area contributed by atoms with E-state index in [4.69, 9.17) is 4.74 Å². The molecule has 0 saturated carbocycles. The first-order valence-electron chi connectivity index (χ1n) is 13.7. The van der Waals surface area contributed by atoms with E-state index in [0.29, 0.717) is 23.9 Å². The van der Waals surface area contributed by atoms with Crippen molar-refractivity contribution in [2.45, 2.75) is 115 Å². The Kier molecular flexibility index (Phi) is 24.2. The molecule has 10 heteroatoms. The van der Waals surface area contributed by atoms with Crippen LogP contribution in [0.15, 0.2) is 0 Å². The highest BCUT2D eigenvalue weighted by atomic mass is 32.2. The van der Waals surface area contributed by atoms with Crippen molar-refractivity contribution in [1.29, 1.82) is 0 Å². The second kappa shape index (κ2) is 25.0. The van der Waals surface area contributed by atoms with Crippen LogP contribution in [0.2, 0.25) is 0 Å². The van der Waals surface area contributed by atoms with Gasteiger partial charge in [-0.3, -0.25) is 19.2 Å². The number of carbonyl (C=O) groups excluding carboxylic acids is 4. The summed E-state index contributed by atoms with van der Waals surface area (Å²) in [7, 11) is 1.18. The summed E-state index contributed by atoms with van der Waals surface area (Å²) in [6, 6.07) is -0.826. The van der Waals surface area contributed by atoms with E-state index >= 15 is 0 Å². The average Bonchev–Trinajstić information content (AvgIpc) is 2.88. The summed E-state index contributed by atoms with van der Waals surface area (Å²) < 4.78 is 9.83. The van der Waals surface area contributed by atoms with Crippen molar-refractivity contribution in [3.05, 3.63) is 0 Å². The molecule has 0 aliphatic heterocycles. The standard InChI is InChI=1S/C27H49NO7S2/c1-4-5-6-7-8-9-10-11-12-13-14-15-16-17-25(31)35-18-19-36-21-23(28-22(2)30)27(33)37-24(20-29)26(32)34-3/h23-24,29H,4-21H2,1-3H3,(H,28,30)/t23-,24-/m0/s1. The molecule has 0 heterocycles. The molecule has 0 radical (unpaired) electrons. The number of hydrogen-bond acceptors (Lipinski definition) is 9. The molecule has 0 aliphatic rings. The van der Waals surface area contributed by atoms with E-state index in [2.05, 4.69) is 17.0 Å². The molecule has 0 unspecified atom stereocenters. The second-order valence-corrected chi connectivity index (χ2v) is 11.5. The number of unbranched alkanes of at least 4 members (excludes halogenated alkanes) is 12. The minimum absolute atomic E-state index is 0.211. The Bertz CT molecular complexity index is 634. The quantitative estimate of drug-likeness (QED) is 0.123. The zero-order chi connectivity index (χ0) is 27.7. The number of carbonyl (C=O) groups is 4. The molecule has 0 spiro atoms. The third kappa shape index (κ3) is 21.4. The number of hydrogen-bond donors (Lipinski definition) is 2. The van der Waals surface area contributed by atoms with Gasteiger partial charge in [0, 0.05) is 24.9 Å². The number of ether oxygens (including phenoxy) is 2. The monoisotopic (exact) mass is 563 g/mol. The van der Waals surface area contributed by atoms with Crippen LogP contribution in [-0.4, -0.2) is 71.2 Å². The maximum Gasteiger partial charge on any atom is 0.321 e. The topological polar surface area (TPSA) is 119 Å². The normalized spacial score (nSPS) is 12.5. The predicted molar refractivity (Wildman–Crippen MR) is 152 cm³/mol. The van der Waals surface area contributed by atoms with Crippen LogP contribution in [0.5, 0.6) is 0 Å². The minimum atomic E-state index is -1.04. The smallest absolute Gasteiger partial charge is 0.321 e. The van der Waals surface area contributed by atoms with E-state index in [0.717, 1.165) is 19.3 Å². The lowest BCUT2D eigenvalue weighted by atomic mass is 10.0. The van der Waals surface area contributed by atoms with E-state index in [1.165, 1.54) is 90.0 Å². The van der Waals surface area contributed by atoms with Crippen LogP contribution < -0.4 is 5.32 Å². The van der Waals surface area contributed by atoms with Gasteiger partial charge in [0.05, 0.1) is 13.7 Å². The zero-order valence-electron chi connectivity index (χ0n) is 23.1. The van der Waals surface area contributed by atoms with Crippen LogP contribution >= 0.6 is 23.5 Å². The van der Waals surface area contributed by atoms with E-state index in [1.807, 2.05) is 0 Å². The molecule has 1 amide bonds. The molecule has 0 bridgehead atoms. The van der Waals surface area contributed by atoms with Crippen LogP contribution in [0.4, 0.5) is 0 Å². The Morgan fingerprint density at radius 2 is 1.41 bits per heavy atom. The first-order chi connectivity index (χ1) is 17.8. The lowest BCUT2D eigenvalue weighted by molar-refractivity contribution is -0.143. The van der Waals surface area contributed by atoms with Gasteiger partial charge >= 0.3 is 11.9 Å². The van der Waals surface area contributed by atoms with Crippen LogP contribution in [0.3, 0.4) is 0 Å². The van der Waals surface area contributed by atoms with Crippen molar-refractivity contribution in [3.8, 4) is 0 Å². The maximum atomic E-state index is 12.5. The number of methoxy groups -OCH3 is 1. The molecule has 0 fully saturated rings. The summed E-state index contributed by atoms with van der Waals surface area (Å²) >= 11 is 2.01. The Morgan fingerprint density at radius 1 is 0.865 bits per heavy atom. The largest absolute Gasteiger partial charge is 0.468 e. The van der Waals surface area contributed by atoms with Gasteiger partial charge in [-0.15, -0.1) is 0 Å². The fourth-order valence-electron chi connectivity index (χ4n) is 3.70. The van der Waals surface area contributed by atoms with E-state index in [9.17, 15) is 24.3 Å². The van der Waals surface area contributed by atoms with Gasteiger partial charge in [-0.25, -0.2) is 0 Å². The molecule has 8 nitrogen and oxygen atoms in total. The molecule has 0 saturated heterocycles.